The van der Waals surface area contributed by atoms with Crippen LogP contribution in [-0.4, -0.2) is 14.8 Å². The zero-order valence-corrected chi connectivity index (χ0v) is 12.0. The van der Waals surface area contributed by atoms with Gasteiger partial charge in [-0.2, -0.15) is 5.10 Å². The minimum Gasteiger partial charge on any atom is -0.275 e. The summed E-state index contributed by atoms with van der Waals surface area (Å²) in [7, 11) is 1.92. The highest BCUT2D eigenvalue weighted by Gasteiger charge is 2.03. The van der Waals surface area contributed by atoms with Crippen LogP contribution in [-0.2, 0) is 7.05 Å². The molecule has 0 saturated heterocycles. The van der Waals surface area contributed by atoms with Crippen LogP contribution in [0.3, 0.4) is 0 Å². The molecule has 3 aromatic rings. The van der Waals surface area contributed by atoms with Crippen molar-refractivity contribution in [3.8, 4) is 0 Å². The molecule has 3 nitrogen and oxygen atoms in total. The van der Waals surface area contributed by atoms with Gasteiger partial charge in [-0.3, -0.25) is 4.68 Å². The second-order valence-corrected chi connectivity index (χ2v) is 5.80. The second-order valence-electron chi connectivity index (χ2n) is 4.74. The van der Waals surface area contributed by atoms with E-state index >= 15 is 0 Å². The van der Waals surface area contributed by atoms with Gasteiger partial charge in [0.25, 0.3) is 0 Å². The van der Waals surface area contributed by atoms with Crippen molar-refractivity contribution in [3.05, 3.63) is 46.2 Å². The van der Waals surface area contributed by atoms with Crippen LogP contribution in [0.15, 0.2) is 24.5 Å². The summed E-state index contributed by atoms with van der Waals surface area (Å²) in [5.41, 5.74) is 4.78. The number of hydrogen-bond donors (Lipinski definition) is 0. The third-order valence-corrected chi connectivity index (χ3v) is 4.15. The predicted molar refractivity (Wildman–Crippen MR) is 81.2 cm³/mol. The van der Waals surface area contributed by atoms with E-state index in [0.717, 1.165) is 16.1 Å². The molecule has 0 unspecified atom stereocenters. The molecule has 0 atom stereocenters. The molecule has 0 spiro atoms. The molecule has 0 aliphatic heterocycles. The summed E-state index contributed by atoms with van der Waals surface area (Å²) >= 11 is 1.72. The van der Waals surface area contributed by atoms with E-state index in [0.29, 0.717) is 0 Å². The third kappa shape index (κ3) is 2.44. The Hall–Kier alpha value is -1.94. The standard InChI is InChI=1S/C15H15N3S/c1-10-6-13-14(7-11(10)2)19-15(17-13)5-4-12-8-16-18(3)9-12/h4-9H,1-3H3. The van der Waals surface area contributed by atoms with Gasteiger partial charge in [0.2, 0.25) is 0 Å². The maximum atomic E-state index is 4.64. The molecular formula is C15H15N3S. The SMILES string of the molecule is Cc1cc2nc(C=Cc3cnn(C)c3)sc2cc1C. The quantitative estimate of drug-likeness (QED) is 0.708. The Kier molecular flexibility index (Phi) is 2.95. The van der Waals surface area contributed by atoms with E-state index in [4.69, 9.17) is 0 Å². The van der Waals surface area contributed by atoms with Crippen LogP contribution in [0.2, 0.25) is 0 Å². The fourth-order valence-corrected chi connectivity index (χ4v) is 2.91. The van der Waals surface area contributed by atoms with Crippen molar-refractivity contribution in [2.45, 2.75) is 13.8 Å². The summed E-state index contributed by atoms with van der Waals surface area (Å²) in [5.74, 6) is 0. The van der Waals surface area contributed by atoms with Gasteiger partial charge in [0.15, 0.2) is 0 Å². The van der Waals surface area contributed by atoms with E-state index in [-0.39, 0.29) is 0 Å². The van der Waals surface area contributed by atoms with Crippen molar-refractivity contribution in [2.75, 3.05) is 0 Å². The number of benzene rings is 1. The average Bonchev–Trinajstić information content (AvgIpc) is 2.93. The molecule has 1 aromatic carbocycles. The van der Waals surface area contributed by atoms with Gasteiger partial charge in [0.1, 0.15) is 5.01 Å². The van der Waals surface area contributed by atoms with E-state index in [1.165, 1.54) is 15.8 Å². The monoisotopic (exact) mass is 269 g/mol. The summed E-state index contributed by atoms with van der Waals surface area (Å²) in [6, 6.07) is 4.37. The second kappa shape index (κ2) is 4.63. The number of fused-ring (bicyclic) bond motifs is 1. The Bertz CT molecular complexity index is 726. The largest absolute Gasteiger partial charge is 0.275 e. The lowest BCUT2D eigenvalue weighted by molar-refractivity contribution is 0.767. The van der Waals surface area contributed by atoms with Gasteiger partial charge in [-0.25, -0.2) is 4.98 Å². The van der Waals surface area contributed by atoms with Crippen LogP contribution in [0.5, 0.6) is 0 Å². The minimum atomic E-state index is 1.03. The molecular weight excluding hydrogens is 254 g/mol. The molecule has 0 saturated carbocycles. The molecule has 0 amide bonds. The molecule has 19 heavy (non-hydrogen) atoms. The Balaban J connectivity index is 1.95. The van der Waals surface area contributed by atoms with Gasteiger partial charge >= 0.3 is 0 Å². The van der Waals surface area contributed by atoms with Gasteiger partial charge in [0, 0.05) is 18.8 Å². The molecule has 2 heterocycles. The topological polar surface area (TPSA) is 30.7 Å². The van der Waals surface area contributed by atoms with Crippen molar-refractivity contribution >= 4 is 33.7 Å². The lowest BCUT2D eigenvalue weighted by atomic mass is 10.1. The highest BCUT2D eigenvalue weighted by Crippen LogP contribution is 2.26. The average molecular weight is 269 g/mol. The van der Waals surface area contributed by atoms with Gasteiger partial charge in [0.05, 0.1) is 16.4 Å². The van der Waals surface area contributed by atoms with E-state index in [2.05, 4.69) is 36.1 Å². The van der Waals surface area contributed by atoms with Gasteiger partial charge in [-0.1, -0.05) is 0 Å². The number of aromatic nitrogens is 3. The molecule has 0 radical (unpaired) electrons. The van der Waals surface area contributed by atoms with Crippen LogP contribution >= 0.6 is 11.3 Å². The maximum Gasteiger partial charge on any atom is 0.117 e. The summed E-state index contributed by atoms with van der Waals surface area (Å²) in [4.78, 5) is 4.64. The third-order valence-electron chi connectivity index (χ3n) is 3.16. The van der Waals surface area contributed by atoms with Crippen LogP contribution in [0.4, 0.5) is 0 Å². The Morgan fingerprint density at radius 1 is 1.16 bits per heavy atom. The van der Waals surface area contributed by atoms with E-state index < -0.39 is 0 Å². The smallest absolute Gasteiger partial charge is 0.117 e. The Morgan fingerprint density at radius 3 is 2.68 bits per heavy atom. The normalized spacial score (nSPS) is 11.7. The number of nitrogens with zero attached hydrogens (tertiary/aromatic N) is 3. The molecule has 2 aromatic heterocycles. The lowest BCUT2D eigenvalue weighted by Crippen LogP contribution is -1.83. The lowest BCUT2D eigenvalue weighted by Gasteiger charge is -1.96. The first-order valence-corrected chi connectivity index (χ1v) is 6.98. The summed E-state index contributed by atoms with van der Waals surface area (Å²) in [6.07, 6.45) is 7.92. The maximum absolute atomic E-state index is 4.64. The fraction of sp³-hybridized carbons (Fsp3) is 0.200. The molecule has 0 fully saturated rings. The number of rotatable bonds is 2. The van der Waals surface area contributed by atoms with Crippen LogP contribution in [0, 0.1) is 13.8 Å². The zero-order chi connectivity index (χ0) is 13.4. The minimum absolute atomic E-state index is 1.03. The van der Waals surface area contributed by atoms with Crippen molar-refractivity contribution in [2.24, 2.45) is 7.05 Å². The van der Waals surface area contributed by atoms with Crippen LogP contribution in [0.25, 0.3) is 22.4 Å². The summed E-state index contributed by atoms with van der Waals surface area (Å²) < 4.78 is 3.04. The van der Waals surface area contributed by atoms with E-state index in [1.807, 2.05) is 31.6 Å². The first kappa shape index (κ1) is 12.1. The highest BCUT2D eigenvalue weighted by atomic mass is 32.1. The number of hydrogen-bond acceptors (Lipinski definition) is 3. The molecule has 96 valence electrons. The zero-order valence-electron chi connectivity index (χ0n) is 11.2. The van der Waals surface area contributed by atoms with Crippen molar-refractivity contribution in [3.63, 3.8) is 0 Å². The Labute approximate surface area is 116 Å². The first-order valence-electron chi connectivity index (χ1n) is 6.16. The molecule has 0 aliphatic rings. The summed E-state index contributed by atoms with van der Waals surface area (Å²) in [5, 5.41) is 5.17. The molecule has 3 rings (SSSR count). The molecule has 0 N–H and O–H groups in total. The number of aryl methyl sites for hydroxylation is 3. The van der Waals surface area contributed by atoms with E-state index in [9.17, 15) is 0 Å². The first-order chi connectivity index (χ1) is 9.11. The van der Waals surface area contributed by atoms with Crippen molar-refractivity contribution in [1.82, 2.24) is 14.8 Å². The Morgan fingerprint density at radius 2 is 1.95 bits per heavy atom. The highest BCUT2D eigenvalue weighted by molar-refractivity contribution is 7.19. The van der Waals surface area contributed by atoms with Gasteiger partial charge < -0.3 is 0 Å². The predicted octanol–water partition coefficient (Wildman–Crippen LogP) is 3.82. The van der Waals surface area contributed by atoms with Gasteiger partial charge in [-0.05, 0) is 49.3 Å². The van der Waals surface area contributed by atoms with Crippen LogP contribution in [0.1, 0.15) is 21.7 Å². The molecule has 0 bridgehead atoms. The number of thiazole rings is 1. The van der Waals surface area contributed by atoms with Crippen molar-refractivity contribution < 1.29 is 0 Å². The summed E-state index contributed by atoms with van der Waals surface area (Å²) in [6.45, 7) is 4.26. The molecule has 0 aliphatic carbocycles. The fourth-order valence-electron chi connectivity index (χ4n) is 1.96. The van der Waals surface area contributed by atoms with Crippen LogP contribution < -0.4 is 0 Å². The van der Waals surface area contributed by atoms with Gasteiger partial charge in [-0.15, -0.1) is 11.3 Å². The molecule has 4 heteroatoms. The van der Waals surface area contributed by atoms with E-state index in [1.54, 1.807) is 16.0 Å². The van der Waals surface area contributed by atoms with Crippen molar-refractivity contribution in [1.29, 1.82) is 0 Å².